The fraction of sp³-hybridized carbons (Fsp3) is 0.273. The van der Waals surface area contributed by atoms with Gasteiger partial charge in [0, 0.05) is 34.8 Å². The maximum atomic E-state index is 9.50. The van der Waals surface area contributed by atoms with Crippen molar-refractivity contribution in [2.24, 2.45) is 0 Å². The number of aliphatic hydroxyl groups is 1. The van der Waals surface area contributed by atoms with Gasteiger partial charge in [0.15, 0.2) is 5.82 Å². The first kappa shape index (κ1) is 20.9. The number of nitrogens with two attached hydrogens (primary N) is 1. The highest BCUT2D eigenvalue weighted by Crippen LogP contribution is 2.29. The lowest BCUT2D eigenvalue weighted by molar-refractivity contribution is 0.294. The Morgan fingerprint density at radius 1 is 1.10 bits per heavy atom. The molecular formula is C22H24ClN5OS. The van der Waals surface area contributed by atoms with Gasteiger partial charge in [0.2, 0.25) is 0 Å². The minimum Gasteiger partial charge on any atom is -0.396 e. The fourth-order valence-corrected chi connectivity index (χ4v) is 4.57. The van der Waals surface area contributed by atoms with Crippen molar-refractivity contribution in [2.45, 2.75) is 30.7 Å². The summed E-state index contributed by atoms with van der Waals surface area (Å²) >= 11 is 7.61. The predicted molar refractivity (Wildman–Crippen MR) is 125 cm³/mol. The van der Waals surface area contributed by atoms with Crippen molar-refractivity contribution < 1.29 is 5.11 Å². The van der Waals surface area contributed by atoms with Crippen LogP contribution >= 0.6 is 23.5 Å². The number of halogens is 1. The molecule has 2 aromatic carbocycles. The molecule has 4 N–H and O–H groups in total. The van der Waals surface area contributed by atoms with Gasteiger partial charge >= 0.3 is 0 Å². The molecule has 0 amide bonds. The number of aliphatic hydroxyl groups excluding tert-OH is 1. The van der Waals surface area contributed by atoms with Crippen LogP contribution in [-0.4, -0.2) is 32.8 Å². The van der Waals surface area contributed by atoms with E-state index in [1.807, 2.05) is 48.5 Å². The zero-order valence-corrected chi connectivity index (χ0v) is 18.1. The molecule has 0 aliphatic carbocycles. The molecule has 4 aromatic rings. The monoisotopic (exact) mass is 441 g/mol. The highest BCUT2D eigenvalue weighted by molar-refractivity contribution is 7.97. The van der Waals surface area contributed by atoms with Gasteiger partial charge in [-0.3, -0.25) is 4.72 Å². The first-order chi connectivity index (χ1) is 14.7. The second-order valence-electron chi connectivity index (χ2n) is 7.03. The number of para-hydroxylation sites is 1. The van der Waals surface area contributed by atoms with Crippen LogP contribution in [0, 0.1) is 0 Å². The van der Waals surface area contributed by atoms with E-state index < -0.39 is 0 Å². The summed E-state index contributed by atoms with van der Waals surface area (Å²) < 4.78 is 5.58. The summed E-state index contributed by atoms with van der Waals surface area (Å²) in [6.45, 7) is 1.73. The Bertz CT molecular complexity index is 1160. The number of nitrogens with one attached hydrogen (secondary N) is 1. The van der Waals surface area contributed by atoms with Crippen molar-refractivity contribution in [1.29, 1.82) is 0 Å². The number of imidazole rings is 1. The van der Waals surface area contributed by atoms with Crippen molar-refractivity contribution in [3.8, 4) is 0 Å². The van der Waals surface area contributed by atoms with Gasteiger partial charge in [-0.15, -0.1) is 0 Å². The number of nitrogen functional groups attached to an aromatic ring is 1. The molecule has 0 bridgehead atoms. The zero-order chi connectivity index (χ0) is 20.9. The Morgan fingerprint density at radius 3 is 2.80 bits per heavy atom. The van der Waals surface area contributed by atoms with Crippen molar-refractivity contribution in [3.63, 3.8) is 0 Å². The summed E-state index contributed by atoms with van der Waals surface area (Å²) in [5.41, 5.74) is 8.77. The third-order valence-corrected chi connectivity index (χ3v) is 5.99. The minimum atomic E-state index is 0.0480. The van der Waals surface area contributed by atoms with Gasteiger partial charge in [0.25, 0.3) is 0 Å². The molecule has 0 spiro atoms. The van der Waals surface area contributed by atoms with E-state index >= 15 is 0 Å². The summed E-state index contributed by atoms with van der Waals surface area (Å²) in [7, 11) is 0. The van der Waals surface area contributed by atoms with Crippen LogP contribution in [0.1, 0.15) is 18.7 Å². The van der Waals surface area contributed by atoms with Crippen LogP contribution in [0.25, 0.3) is 21.9 Å². The Labute approximate surface area is 184 Å². The molecule has 30 heavy (non-hydrogen) atoms. The number of pyridine rings is 1. The van der Waals surface area contributed by atoms with Crippen LogP contribution < -0.4 is 10.5 Å². The van der Waals surface area contributed by atoms with Crippen molar-refractivity contribution in [1.82, 2.24) is 19.3 Å². The van der Waals surface area contributed by atoms with E-state index in [4.69, 9.17) is 22.3 Å². The molecule has 2 heterocycles. The summed E-state index contributed by atoms with van der Waals surface area (Å²) in [5.74, 6) is 1.28. The number of hydrogen-bond donors (Lipinski definition) is 3. The first-order valence-electron chi connectivity index (χ1n) is 9.97. The molecule has 2 aromatic heterocycles. The molecule has 0 unspecified atom stereocenters. The average Bonchev–Trinajstić information content (AvgIpc) is 3.10. The number of fused-ring (bicyclic) bond motifs is 3. The standard InChI is InChI=1S/C22H24ClN5OS/c23-15-6-5-7-16(14-15)30-25-11-3-4-12-28-19(10-13-29)27-20-21(28)17-8-1-2-9-18(17)26-22(20)24/h1-2,5-9,14,25,29H,3-4,10-13H2,(H2,24,26). The molecule has 0 aliphatic heterocycles. The third kappa shape index (κ3) is 4.54. The fourth-order valence-electron chi connectivity index (χ4n) is 3.57. The highest BCUT2D eigenvalue weighted by Gasteiger charge is 2.16. The lowest BCUT2D eigenvalue weighted by Gasteiger charge is -2.11. The number of nitrogens with zero attached hydrogens (tertiary/aromatic N) is 3. The third-order valence-electron chi connectivity index (χ3n) is 4.92. The molecule has 0 fully saturated rings. The van der Waals surface area contributed by atoms with E-state index in [1.54, 1.807) is 11.9 Å². The second-order valence-corrected chi connectivity index (χ2v) is 8.43. The Kier molecular flexibility index (Phi) is 6.74. The molecule has 0 aliphatic rings. The maximum Gasteiger partial charge on any atom is 0.152 e. The summed E-state index contributed by atoms with van der Waals surface area (Å²) in [5, 5.41) is 11.3. The van der Waals surface area contributed by atoms with Crippen LogP contribution in [0.2, 0.25) is 5.02 Å². The predicted octanol–water partition coefficient (Wildman–Crippen LogP) is 4.43. The number of aryl methyl sites for hydroxylation is 1. The van der Waals surface area contributed by atoms with Gasteiger partial charge in [-0.25, -0.2) is 9.97 Å². The summed E-state index contributed by atoms with van der Waals surface area (Å²) in [4.78, 5) is 10.3. The second kappa shape index (κ2) is 9.66. The van der Waals surface area contributed by atoms with E-state index in [0.29, 0.717) is 17.8 Å². The Balaban J connectivity index is 1.47. The Morgan fingerprint density at radius 2 is 1.97 bits per heavy atom. The first-order valence-corrected chi connectivity index (χ1v) is 11.2. The van der Waals surface area contributed by atoms with Crippen LogP contribution in [0.4, 0.5) is 5.82 Å². The number of aromatic nitrogens is 3. The van der Waals surface area contributed by atoms with Gasteiger partial charge in [-0.2, -0.15) is 0 Å². The van der Waals surface area contributed by atoms with Crippen LogP contribution in [-0.2, 0) is 13.0 Å². The van der Waals surface area contributed by atoms with Gasteiger partial charge in [0.05, 0.1) is 17.6 Å². The smallest absolute Gasteiger partial charge is 0.152 e. The van der Waals surface area contributed by atoms with Crippen LogP contribution in [0.3, 0.4) is 0 Å². The molecule has 0 atom stereocenters. The SMILES string of the molecule is Nc1nc2ccccc2c2c1nc(CCO)n2CCCCNSc1cccc(Cl)c1. The van der Waals surface area contributed by atoms with Gasteiger partial charge < -0.3 is 15.4 Å². The van der Waals surface area contributed by atoms with E-state index in [0.717, 1.165) is 58.1 Å². The van der Waals surface area contributed by atoms with Crippen LogP contribution in [0.15, 0.2) is 53.4 Å². The topological polar surface area (TPSA) is 89.0 Å². The molecule has 0 saturated carbocycles. The summed E-state index contributed by atoms with van der Waals surface area (Å²) in [6, 6.07) is 15.8. The lowest BCUT2D eigenvalue weighted by Crippen LogP contribution is -2.10. The lowest BCUT2D eigenvalue weighted by atomic mass is 10.2. The number of benzene rings is 2. The molecule has 4 rings (SSSR count). The van der Waals surface area contributed by atoms with E-state index in [1.165, 1.54) is 0 Å². The molecule has 0 saturated heterocycles. The van der Waals surface area contributed by atoms with E-state index in [2.05, 4.69) is 14.3 Å². The molecular weight excluding hydrogens is 418 g/mol. The largest absolute Gasteiger partial charge is 0.396 e. The average molecular weight is 442 g/mol. The summed E-state index contributed by atoms with van der Waals surface area (Å²) in [6.07, 6.45) is 2.47. The molecule has 0 radical (unpaired) electrons. The van der Waals surface area contributed by atoms with Gasteiger partial charge in [0.1, 0.15) is 11.3 Å². The minimum absolute atomic E-state index is 0.0480. The van der Waals surface area contributed by atoms with Gasteiger partial charge in [-0.05, 0) is 49.1 Å². The number of rotatable bonds is 9. The quantitative estimate of drug-likeness (QED) is 0.263. The van der Waals surface area contributed by atoms with E-state index in [-0.39, 0.29) is 6.61 Å². The molecule has 6 nitrogen and oxygen atoms in total. The van der Waals surface area contributed by atoms with Crippen LogP contribution in [0.5, 0.6) is 0 Å². The van der Waals surface area contributed by atoms with Crippen molar-refractivity contribution in [3.05, 3.63) is 59.4 Å². The van der Waals surface area contributed by atoms with Crippen molar-refractivity contribution >= 4 is 51.3 Å². The van der Waals surface area contributed by atoms with Gasteiger partial charge in [-0.1, -0.05) is 35.9 Å². The number of anilines is 1. The molecule has 8 heteroatoms. The number of hydrogen-bond acceptors (Lipinski definition) is 6. The van der Waals surface area contributed by atoms with E-state index in [9.17, 15) is 5.11 Å². The molecule has 156 valence electrons. The zero-order valence-electron chi connectivity index (χ0n) is 16.5. The highest BCUT2D eigenvalue weighted by atomic mass is 35.5. The number of unbranched alkanes of at least 4 members (excludes halogenated alkanes) is 1. The maximum absolute atomic E-state index is 9.50. The van der Waals surface area contributed by atoms with Crippen molar-refractivity contribution in [2.75, 3.05) is 18.9 Å². The normalized spacial score (nSPS) is 11.5. The Hall–Kier alpha value is -2.32.